The number of hydrogen-bond donors (Lipinski definition) is 0. The Bertz CT molecular complexity index is 380. The van der Waals surface area contributed by atoms with Gasteiger partial charge in [-0.3, -0.25) is 4.84 Å². The highest BCUT2D eigenvalue weighted by Gasteiger charge is 2.35. The number of hydrogen-bond acceptors (Lipinski definition) is 3. The van der Waals surface area contributed by atoms with E-state index >= 15 is 0 Å². The van der Waals surface area contributed by atoms with Crippen LogP contribution in [-0.2, 0) is 4.84 Å². The molecule has 0 aromatic heterocycles. The van der Waals surface area contributed by atoms with Crippen molar-refractivity contribution in [2.75, 3.05) is 13.2 Å². The molecule has 76 valence electrons. The molecule has 3 nitrogen and oxygen atoms in total. The first-order chi connectivity index (χ1) is 7.40. The highest BCUT2D eigenvalue weighted by Crippen LogP contribution is 2.15. The third-order valence-corrected chi connectivity index (χ3v) is 2.16. The van der Waals surface area contributed by atoms with Crippen molar-refractivity contribution in [3.05, 3.63) is 42.0 Å². The molecule has 0 aliphatic carbocycles. The second-order valence-electron chi connectivity index (χ2n) is 3.35. The summed E-state index contributed by atoms with van der Waals surface area (Å²) >= 11 is 0. The molecule has 15 heavy (non-hydrogen) atoms. The minimum Gasteiger partial charge on any atom is -0.293 e. The molecule has 0 saturated carbocycles. The van der Waals surface area contributed by atoms with E-state index in [1.807, 2.05) is 42.5 Å². The lowest BCUT2D eigenvalue weighted by atomic mass is 10.2. The summed E-state index contributed by atoms with van der Waals surface area (Å²) in [5, 5.41) is 10.2. The Kier molecular flexibility index (Phi) is 3.13. The van der Waals surface area contributed by atoms with Crippen LogP contribution >= 0.6 is 0 Å². The number of benzene rings is 1. The molecule has 1 aromatic carbocycles. The Morgan fingerprint density at radius 3 is 2.93 bits per heavy atom. The molecule has 3 heteroatoms. The first-order valence-electron chi connectivity index (χ1n) is 4.91. The van der Waals surface area contributed by atoms with Gasteiger partial charge in [0.15, 0.2) is 0 Å². The predicted octanol–water partition coefficient (Wildman–Crippen LogP) is 1.84. The van der Waals surface area contributed by atoms with Crippen LogP contribution in [0.5, 0.6) is 0 Å². The van der Waals surface area contributed by atoms with Crippen molar-refractivity contribution in [2.45, 2.75) is 6.04 Å². The average Bonchev–Trinajstić information content (AvgIpc) is 3.05. The molecule has 2 atom stereocenters. The largest absolute Gasteiger partial charge is 0.293 e. The van der Waals surface area contributed by atoms with E-state index in [2.05, 4.69) is 6.07 Å². The van der Waals surface area contributed by atoms with Gasteiger partial charge in [-0.1, -0.05) is 42.5 Å². The monoisotopic (exact) mass is 200 g/mol. The second-order valence-corrected chi connectivity index (χ2v) is 3.35. The van der Waals surface area contributed by atoms with Crippen molar-refractivity contribution < 1.29 is 4.84 Å². The molecule has 2 rings (SSSR count). The molecule has 1 aliphatic rings. The fraction of sp³-hybridized carbons (Fsp3) is 0.250. The van der Waals surface area contributed by atoms with Gasteiger partial charge in [0.1, 0.15) is 6.04 Å². The summed E-state index contributed by atoms with van der Waals surface area (Å²) in [5.74, 6) is 0. The lowest BCUT2D eigenvalue weighted by molar-refractivity contribution is -0.0543. The molecule has 0 radical (unpaired) electrons. The van der Waals surface area contributed by atoms with Crippen LogP contribution in [0, 0.1) is 11.3 Å². The van der Waals surface area contributed by atoms with Gasteiger partial charge in [-0.15, -0.1) is 0 Å². The normalized spacial score (nSPS) is 23.9. The SMILES string of the molecule is N#CC1CN1OCC=Cc1ccccc1. The van der Waals surface area contributed by atoms with Gasteiger partial charge in [0, 0.05) is 0 Å². The lowest BCUT2D eigenvalue weighted by Gasteiger charge is -1.97. The second kappa shape index (κ2) is 4.74. The zero-order valence-corrected chi connectivity index (χ0v) is 8.34. The van der Waals surface area contributed by atoms with Gasteiger partial charge in [0.05, 0.1) is 19.2 Å². The quantitative estimate of drug-likeness (QED) is 0.696. The van der Waals surface area contributed by atoms with Gasteiger partial charge < -0.3 is 0 Å². The molecule has 2 unspecified atom stereocenters. The third-order valence-electron chi connectivity index (χ3n) is 2.16. The molecule has 0 N–H and O–H groups in total. The molecular formula is C12H12N2O. The first-order valence-corrected chi connectivity index (χ1v) is 4.91. The van der Waals surface area contributed by atoms with E-state index in [1.54, 1.807) is 5.06 Å². The van der Waals surface area contributed by atoms with Crippen molar-refractivity contribution in [3.8, 4) is 6.07 Å². The van der Waals surface area contributed by atoms with E-state index in [9.17, 15) is 0 Å². The van der Waals surface area contributed by atoms with E-state index in [0.29, 0.717) is 6.61 Å². The zero-order valence-electron chi connectivity index (χ0n) is 8.34. The van der Waals surface area contributed by atoms with Gasteiger partial charge in [0.25, 0.3) is 0 Å². The maximum atomic E-state index is 8.52. The van der Waals surface area contributed by atoms with Crippen molar-refractivity contribution >= 4 is 6.08 Å². The van der Waals surface area contributed by atoms with Crippen molar-refractivity contribution in [1.82, 2.24) is 5.06 Å². The Hall–Kier alpha value is -1.63. The maximum absolute atomic E-state index is 8.52. The van der Waals surface area contributed by atoms with E-state index in [0.717, 1.165) is 12.1 Å². The molecule has 0 spiro atoms. The summed E-state index contributed by atoms with van der Waals surface area (Å²) in [6, 6.07) is 12.1. The summed E-state index contributed by atoms with van der Waals surface area (Å²) in [4.78, 5) is 5.30. The summed E-state index contributed by atoms with van der Waals surface area (Å²) in [7, 11) is 0. The van der Waals surface area contributed by atoms with Crippen LogP contribution in [0.3, 0.4) is 0 Å². The number of hydroxylamine groups is 2. The summed E-state index contributed by atoms with van der Waals surface area (Å²) in [6.45, 7) is 1.25. The van der Waals surface area contributed by atoms with Crippen LogP contribution in [-0.4, -0.2) is 24.3 Å². The maximum Gasteiger partial charge on any atom is 0.137 e. The van der Waals surface area contributed by atoms with Gasteiger partial charge in [-0.05, 0) is 5.56 Å². The van der Waals surface area contributed by atoms with Gasteiger partial charge >= 0.3 is 0 Å². The van der Waals surface area contributed by atoms with Gasteiger partial charge in [-0.25, -0.2) is 0 Å². The molecule has 1 heterocycles. The summed E-state index contributed by atoms with van der Waals surface area (Å²) in [6.07, 6.45) is 3.95. The van der Waals surface area contributed by atoms with E-state index in [-0.39, 0.29) is 6.04 Å². The van der Waals surface area contributed by atoms with Crippen LogP contribution in [0.25, 0.3) is 6.08 Å². The smallest absolute Gasteiger partial charge is 0.137 e. The zero-order chi connectivity index (χ0) is 10.5. The Morgan fingerprint density at radius 2 is 2.27 bits per heavy atom. The topological polar surface area (TPSA) is 36.0 Å². The minimum atomic E-state index is -0.0323. The molecule has 1 aliphatic heterocycles. The average molecular weight is 200 g/mol. The third kappa shape index (κ3) is 2.91. The Balaban J connectivity index is 1.71. The minimum absolute atomic E-state index is 0.0323. The van der Waals surface area contributed by atoms with Crippen LogP contribution in [0.15, 0.2) is 36.4 Å². The van der Waals surface area contributed by atoms with Crippen molar-refractivity contribution in [3.63, 3.8) is 0 Å². The molecular weight excluding hydrogens is 188 g/mol. The summed E-state index contributed by atoms with van der Waals surface area (Å²) < 4.78 is 0. The van der Waals surface area contributed by atoms with Crippen molar-refractivity contribution in [1.29, 1.82) is 5.26 Å². The molecule has 1 fully saturated rings. The Labute approximate surface area is 89.1 Å². The summed E-state index contributed by atoms with van der Waals surface area (Å²) in [5.41, 5.74) is 1.16. The highest BCUT2D eigenvalue weighted by atomic mass is 16.7. The predicted molar refractivity (Wildman–Crippen MR) is 57.5 cm³/mol. The fourth-order valence-electron chi connectivity index (χ4n) is 1.26. The van der Waals surface area contributed by atoms with Crippen LogP contribution < -0.4 is 0 Å². The first kappa shape index (κ1) is 9.91. The molecule has 0 bridgehead atoms. The Morgan fingerprint density at radius 1 is 1.47 bits per heavy atom. The van der Waals surface area contributed by atoms with Crippen LogP contribution in [0.1, 0.15) is 5.56 Å². The van der Waals surface area contributed by atoms with Gasteiger partial charge in [-0.2, -0.15) is 10.3 Å². The van der Waals surface area contributed by atoms with E-state index in [1.165, 1.54) is 0 Å². The molecule has 1 saturated heterocycles. The van der Waals surface area contributed by atoms with Crippen LogP contribution in [0.2, 0.25) is 0 Å². The van der Waals surface area contributed by atoms with Crippen molar-refractivity contribution in [2.24, 2.45) is 0 Å². The standard InChI is InChI=1S/C12H12N2O/c13-9-12-10-14(12)15-8-4-7-11-5-2-1-3-6-11/h1-7,12H,8,10H2. The van der Waals surface area contributed by atoms with E-state index < -0.39 is 0 Å². The number of nitrogens with zero attached hydrogens (tertiary/aromatic N) is 2. The highest BCUT2D eigenvalue weighted by molar-refractivity contribution is 5.48. The fourth-order valence-corrected chi connectivity index (χ4v) is 1.26. The number of nitriles is 1. The van der Waals surface area contributed by atoms with Crippen LogP contribution in [0.4, 0.5) is 0 Å². The number of rotatable bonds is 4. The molecule has 0 amide bonds. The van der Waals surface area contributed by atoms with E-state index in [4.69, 9.17) is 10.1 Å². The molecule has 1 aromatic rings. The van der Waals surface area contributed by atoms with Gasteiger partial charge in [0.2, 0.25) is 0 Å². The lowest BCUT2D eigenvalue weighted by Crippen LogP contribution is -2.01.